The Morgan fingerprint density at radius 1 is 1.63 bits per heavy atom. The van der Waals surface area contributed by atoms with E-state index in [4.69, 9.17) is 15.7 Å². The predicted molar refractivity (Wildman–Crippen MR) is 65.3 cm³/mol. The third kappa shape index (κ3) is 3.08. The Kier molecular flexibility index (Phi) is 4.10. The van der Waals surface area contributed by atoms with Gasteiger partial charge in [-0.1, -0.05) is 6.07 Å². The van der Waals surface area contributed by atoms with E-state index in [1.165, 1.54) is 12.1 Å². The summed E-state index contributed by atoms with van der Waals surface area (Å²) < 4.78 is 18.3. The quantitative estimate of drug-likeness (QED) is 0.855. The number of benzene rings is 1. The number of rotatable bonds is 3. The number of carbonyl (C=O) groups excluding carboxylic acids is 1. The maximum absolute atomic E-state index is 13.1. The first kappa shape index (κ1) is 13.5. The lowest BCUT2D eigenvalue weighted by molar-refractivity contribution is -0.129. The number of carbonyl (C=O) groups is 1. The van der Waals surface area contributed by atoms with E-state index in [9.17, 15) is 9.18 Å². The minimum absolute atomic E-state index is 0.248. The Balaban J connectivity index is 2.20. The largest absolute Gasteiger partial charge is 0.378 e. The second-order valence-corrected chi connectivity index (χ2v) is 4.38. The first-order valence-corrected chi connectivity index (χ1v) is 5.91. The number of nitrogens with two attached hydrogens (primary N) is 1. The van der Waals surface area contributed by atoms with E-state index < -0.39 is 17.8 Å². The highest BCUT2D eigenvalue weighted by Gasteiger charge is 2.28. The number of morpholine rings is 1. The fourth-order valence-corrected chi connectivity index (χ4v) is 2.10. The standard InChI is InChI=1S/C13H14FN3O2/c14-11-2-1-9(10(5-11)6-15)7-17-3-4-19-8-12(17)13(16)18/h1-2,5,12H,3-4,7-8H2,(H2,16,18)/t12-/m0/s1. The molecule has 1 heterocycles. The number of hydrogen-bond donors (Lipinski definition) is 1. The first-order valence-electron chi connectivity index (χ1n) is 5.91. The summed E-state index contributed by atoms with van der Waals surface area (Å²) in [5.74, 6) is -0.908. The topological polar surface area (TPSA) is 79.3 Å². The molecular formula is C13H14FN3O2. The van der Waals surface area contributed by atoms with Crippen molar-refractivity contribution < 1.29 is 13.9 Å². The Morgan fingerprint density at radius 2 is 2.42 bits per heavy atom. The van der Waals surface area contributed by atoms with Gasteiger partial charge >= 0.3 is 0 Å². The van der Waals surface area contributed by atoms with Crippen molar-refractivity contribution in [3.8, 4) is 6.07 Å². The van der Waals surface area contributed by atoms with E-state index in [-0.39, 0.29) is 12.2 Å². The Labute approximate surface area is 110 Å². The maximum atomic E-state index is 13.1. The fraction of sp³-hybridized carbons (Fsp3) is 0.385. The molecule has 100 valence electrons. The van der Waals surface area contributed by atoms with Crippen molar-refractivity contribution in [3.05, 3.63) is 35.1 Å². The van der Waals surface area contributed by atoms with E-state index in [1.54, 1.807) is 6.07 Å². The van der Waals surface area contributed by atoms with Crippen LogP contribution < -0.4 is 5.73 Å². The monoisotopic (exact) mass is 263 g/mol. The zero-order valence-electron chi connectivity index (χ0n) is 10.3. The zero-order valence-corrected chi connectivity index (χ0v) is 10.3. The zero-order chi connectivity index (χ0) is 13.8. The van der Waals surface area contributed by atoms with E-state index in [0.717, 1.165) is 0 Å². The number of primary amides is 1. The molecule has 0 spiro atoms. The summed E-state index contributed by atoms with van der Waals surface area (Å²) in [6.45, 7) is 1.68. The molecule has 0 saturated carbocycles. The summed E-state index contributed by atoms with van der Waals surface area (Å²) in [4.78, 5) is 13.2. The molecule has 1 aromatic carbocycles. The lowest BCUT2D eigenvalue weighted by Gasteiger charge is -2.33. The third-order valence-corrected chi connectivity index (χ3v) is 3.13. The lowest BCUT2D eigenvalue weighted by Crippen LogP contribution is -2.51. The minimum atomic E-state index is -0.509. The fourth-order valence-electron chi connectivity index (χ4n) is 2.10. The summed E-state index contributed by atoms with van der Waals surface area (Å²) in [5.41, 5.74) is 6.27. The molecule has 2 N–H and O–H groups in total. The van der Waals surface area contributed by atoms with E-state index >= 15 is 0 Å². The van der Waals surface area contributed by atoms with Crippen molar-refractivity contribution in [2.24, 2.45) is 5.73 Å². The van der Waals surface area contributed by atoms with Crippen molar-refractivity contribution in [2.75, 3.05) is 19.8 Å². The van der Waals surface area contributed by atoms with Gasteiger partial charge < -0.3 is 10.5 Å². The van der Waals surface area contributed by atoms with Crippen molar-refractivity contribution in [2.45, 2.75) is 12.6 Å². The molecule has 0 radical (unpaired) electrons. The number of hydrogen-bond acceptors (Lipinski definition) is 4. The normalized spacial score (nSPS) is 19.9. The van der Waals surface area contributed by atoms with E-state index in [0.29, 0.717) is 25.3 Å². The molecule has 19 heavy (non-hydrogen) atoms. The van der Waals surface area contributed by atoms with E-state index in [1.807, 2.05) is 11.0 Å². The van der Waals surface area contributed by atoms with Crippen LogP contribution in [0.15, 0.2) is 18.2 Å². The molecule has 1 aliphatic heterocycles. The number of amides is 1. The summed E-state index contributed by atoms with van der Waals surface area (Å²) >= 11 is 0. The van der Waals surface area contributed by atoms with Crippen LogP contribution in [0.25, 0.3) is 0 Å². The minimum Gasteiger partial charge on any atom is -0.378 e. The van der Waals surface area contributed by atoms with Crippen LogP contribution in [-0.2, 0) is 16.1 Å². The molecule has 0 aromatic heterocycles. The molecule has 1 saturated heterocycles. The van der Waals surface area contributed by atoms with Crippen molar-refractivity contribution in [1.29, 1.82) is 5.26 Å². The van der Waals surface area contributed by atoms with Gasteiger partial charge in [0.15, 0.2) is 0 Å². The average molecular weight is 263 g/mol. The number of ether oxygens (including phenoxy) is 1. The van der Waals surface area contributed by atoms with Crippen LogP contribution in [0.1, 0.15) is 11.1 Å². The molecule has 1 atom stereocenters. The van der Waals surface area contributed by atoms with Crippen LogP contribution >= 0.6 is 0 Å². The average Bonchev–Trinajstić information content (AvgIpc) is 2.41. The molecule has 1 aliphatic rings. The number of halogens is 1. The molecule has 0 aliphatic carbocycles. The molecule has 1 fully saturated rings. The Bertz CT molecular complexity index is 527. The van der Waals surface area contributed by atoms with Gasteiger partial charge in [-0.3, -0.25) is 9.69 Å². The Morgan fingerprint density at radius 3 is 3.11 bits per heavy atom. The van der Waals surface area contributed by atoms with Crippen LogP contribution in [0.2, 0.25) is 0 Å². The van der Waals surface area contributed by atoms with Crippen LogP contribution in [-0.4, -0.2) is 36.6 Å². The van der Waals surface area contributed by atoms with Crippen LogP contribution in [0, 0.1) is 17.1 Å². The summed E-state index contributed by atoms with van der Waals surface area (Å²) in [6, 6.07) is 5.49. The SMILES string of the molecule is N#Cc1cc(F)ccc1CN1CCOC[C@H]1C(N)=O. The third-order valence-electron chi connectivity index (χ3n) is 3.13. The molecular weight excluding hydrogens is 249 g/mol. The van der Waals surface area contributed by atoms with Crippen molar-refractivity contribution in [3.63, 3.8) is 0 Å². The van der Waals surface area contributed by atoms with E-state index in [2.05, 4.69) is 0 Å². The summed E-state index contributed by atoms with van der Waals surface area (Å²) in [6.07, 6.45) is 0. The van der Waals surface area contributed by atoms with Gasteiger partial charge in [0, 0.05) is 13.1 Å². The van der Waals surface area contributed by atoms with Crippen LogP contribution in [0.4, 0.5) is 4.39 Å². The maximum Gasteiger partial charge on any atom is 0.237 e. The predicted octanol–water partition coefficient (Wildman–Crippen LogP) is 0.383. The van der Waals surface area contributed by atoms with Gasteiger partial charge in [0.2, 0.25) is 5.91 Å². The van der Waals surface area contributed by atoms with Gasteiger partial charge in [-0.2, -0.15) is 5.26 Å². The number of nitriles is 1. The van der Waals surface area contributed by atoms with Gasteiger partial charge in [0.1, 0.15) is 11.9 Å². The second kappa shape index (κ2) is 5.78. The van der Waals surface area contributed by atoms with Gasteiger partial charge in [-0.25, -0.2) is 4.39 Å². The molecule has 1 amide bonds. The number of nitrogens with zero attached hydrogens (tertiary/aromatic N) is 2. The van der Waals surface area contributed by atoms with Gasteiger partial charge in [-0.15, -0.1) is 0 Å². The van der Waals surface area contributed by atoms with Gasteiger partial charge in [0.05, 0.1) is 24.8 Å². The molecule has 6 heteroatoms. The highest BCUT2D eigenvalue weighted by atomic mass is 19.1. The van der Waals surface area contributed by atoms with Crippen LogP contribution in [0.3, 0.4) is 0 Å². The lowest BCUT2D eigenvalue weighted by atomic mass is 10.1. The molecule has 2 rings (SSSR count). The van der Waals surface area contributed by atoms with Crippen molar-refractivity contribution in [1.82, 2.24) is 4.90 Å². The first-order chi connectivity index (χ1) is 9.11. The van der Waals surface area contributed by atoms with Crippen LogP contribution in [0.5, 0.6) is 0 Å². The molecule has 0 unspecified atom stereocenters. The van der Waals surface area contributed by atoms with Crippen molar-refractivity contribution >= 4 is 5.91 Å². The molecule has 5 nitrogen and oxygen atoms in total. The molecule has 0 bridgehead atoms. The summed E-state index contributed by atoms with van der Waals surface area (Å²) in [7, 11) is 0. The smallest absolute Gasteiger partial charge is 0.237 e. The second-order valence-electron chi connectivity index (χ2n) is 4.38. The summed E-state index contributed by atoms with van der Waals surface area (Å²) in [5, 5.41) is 9.00. The van der Waals surface area contributed by atoms with Gasteiger partial charge in [-0.05, 0) is 17.7 Å². The molecule has 1 aromatic rings. The van der Waals surface area contributed by atoms with Gasteiger partial charge in [0.25, 0.3) is 0 Å². The highest BCUT2D eigenvalue weighted by molar-refractivity contribution is 5.80. The highest BCUT2D eigenvalue weighted by Crippen LogP contribution is 2.16. The Hall–Kier alpha value is -1.97.